The van der Waals surface area contributed by atoms with Crippen LogP contribution in [0.25, 0.3) is 0 Å². The molecule has 0 aliphatic rings. The Morgan fingerprint density at radius 1 is 1.33 bits per heavy atom. The van der Waals surface area contributed by atoms with Crippen LogP contribution < -0.4 is 0 Å². The Balaban J connectivity index is 2.36. The second kappa shape index (κ2) is 4.84. The van der Waals surface area contributed by atoms with Crippen LogP contribution in [-0.4, -0.2) is 22.9 Å². The summed E-state index contributed by atoms with van der Waals surface area (Å²) >= 11 is 5.65. The molecule has 1 aromatic heterocycles. The number of halogens is 1. The smallest absolute Gasteiger partial charge is 0.296 e. The maximum absolute atomic E-state index is 11.0. The molecule has 0 spiro atoms. The minimum atomic E-state index is -4.39. The third-order valence-corrected chi connectivity index (χ3v) is 3.27. The van der Waals surface area contributed by atoms with Gasteiger partial charge in [-0.15, -0.1) is 10.2 Å². The lowest BCUT2D eigenvalue weighted by atomic mass is 10.3. The van der Waals surface area contributed by atoms with Crippen molar-refractivity contribution in [3.05, 3.63) is 35.6 Å². The van der Waals surface area contributed by atoms with Crippen LogP contribution in [0.5, 0.6) is 0 Å². The largest absolute Gasteiger partial charge is 0.328 e. The van der Waals surface area contributed by atoms with E-state index in [4.69, 9.17) is 16.2 Å². The van der Waals surface area contributed by atoms with Crippen molar-refractivity contribution < 1.29 is 13.0 Å². The van der Waals surface area contributed by atoms with Crippen LogP contribution in [0.3, 0.4) is 0 Å². The molecule has 2 N–H and O–H groups in total. The van der Waals surface area contributed by atoms with Crippen LogP contribution in [0.2, 0.25) is 5.02 Å². The van der Waals surface area contributed by atoms with Crippen molar-refractivity contribution in [2.24, 2.45) is 10.2 Å². The van der Waals surface area contributed by atoms with E-state index < -0.39 is 15.0 Å². The molecule has 9 heteroatoms. The summed E-state index contributed by atoms with van der Waals surface area (Å²) in [6.45, 7) is 0. The van der Waals surface area contributed by atoms with E-state index in [1.165, 1.54) is 18.3 Å². The van der Waals surface area contributed by atoms with Gasteiger partial charge in [-0.3, -0.25) is 4.55 Å². The third-order valence-electron chi connectivity index (χ3n) is 1.94. The molecule has 0 saturated carbocycles. The fraction of sp³-hybridized carbons (Fsp3) is 0. The molecular formula is C9H7ClN4O3S. The first-order valence-electron chi connectivity index (χ1n) is 4.65. The number of imidazole rings is 1. The Morgan fingerprint density at radius 3 is 2.72 bits per heavy atom. The van der Waals surface area contributed by atoms with E-state index in [0.717, 1.165) is 6.07 Å². The number of hydrogen-bond donors (Lipinski definition) is 2. The van der Waals surface area contributed by atoms with Crippen LogP contribution in [0.15, 0.2) is 45.7 Å². The summed E-state index contributed by atoms with van der Waals surface area (Å²) in [5, 5.41) is 7.40. The first-order valence-corrected chi connectivity index (χ1v) is 6.47. The van der Waals surface area contributed by atoms with Crippen LogP contribution in [0, 0.1) is 0 Å². The molecule has 7 nitrogen and oxygen atoms in total. The predicted octanol–water partition coefficient (Wildman–Crippen LogP) is 2.73. The number of hydrogen-bond acceptors (Lipinski definition) is 5. The summed E-state index contributed by atoms with van der Waals surface area (Å²) < 4.78 is 31.0. The van der Waals surface area contributed by atoms with Crippen LogP contribution in [-0.2, 0) is 10.1 Å². The summed E-state index contributed by atoms with van der Waals surface area (Å²) in [6, 6.07) is 3.88. The molecule has 18 heavy (non-hydrogen) atoms. The van der Waals surface area contributed by atoms with E-state index in [-0.39, 0.29) is 16.7 Å². The molecule has 0 aliphatic carbocycles. The second-order valence-electron chi connectivity index (χ2n) is 3.20. The van der Waals surface area contributed by atoms with E-state index in [1.54, 1.807) is 6.20 Å². The molecule has 0 saturated heterocycles. The van der Waals surface area contributed by atoms with Crippen molar-refractivity contribution >= 4 is 33.4 Å². The van der Waals surface area contributed by atoms with Crippen molar-refractivity contribution in [1.82, 2.24) is 9.97 Å². The minimum absolute atomic E-state index is 0.0885. The van der Waals surface area contributed by atoms with Gasteiger partial charge in [-0.1, -0.05) is 11.6 Å². The normalized spacial score (nSPS) is 12.1. The summed E-state index contributed by atoms with van der Waals surface area (Å²) in [6.07, 6.45) is 3.07. The highest BCUT2D eigenvalue weighted by Gasteiger charge is 2.14. The number of azo groups is 1. The number of aromatic nitrogens is 2. The molecule has 1 aromatic carbocycles. The van der Waals surface area contributed by atoms with E-state index in [1.807, 2.05) is 0 Å². The summed E-state index contributed by atoms with van der Waals surface area (Å²) in [4.78, 5) is 6.09. The molecular weight excluding hydrogens is 280 g/mol. The Kier molecular flexibility index (Phi) is 3.41. The lowest BCUT2D eigenvalue weighted by Gasteiger charge is -2.00. The SMILES string of the molecule is O=S(=O)(O)c1cc(/N=N/c2ncc[nH]2)ccc1Cl. The average Bonchev–Trinajstić information content (AvgIpc) is 2.79. The zero-order valence-electron chi connectivity index (χ0n) is 8.78. The van der Waals surface area contributed by atoms with Gasteiger partial charge in [0.15, 0.2) is 0 Å². The highest BCUT2D eigenvalue weighted by molar-refractivity contribution is 7.86. The number of aromatic amines is 1. The van der Waals surface area contributed by atoms with Gasteiger partial charge in [-0.25, -0.2) is 4.98 Å². The van der Waals surface area contributed by atoms with E-state index >= 15 is 0 Å². The topological polar surface area (TPSA) is 108 Å². The summed E-state index contributed by atoms with van der Waals surface area (Å²) in [5.74, 6) is 0.276. The van der Waals surface area contributed by atoms with E-state index in [0.29, 0.717) is 0 Å². The highest BCUT2D eigenvalue weighted by atomic mass is 35.5. The fourth-order valence-corrected chi connectivity index (χ4v) is 2.16. The predicted molar refractivity (Wildman–Crippen MR) is 64.0 cm³/mol. The summed E-state index contributed by atoms with van der Waals surface area (Å²) in [5.41, 5.74) is 0.225. The van der Waals surface area contributed by atoms with Crippen molar-refractivity contribution in [3.63, 3.8) is 0 Å². The zero-order chi connectivity index (χ0) is 13.2. The molecule has 1 heterocycles. The van der Waals surface area contributed by atoms with Gasteiger partial charge in [0, 0.05) is 12.4 Å². The molecule has 2 rings (SSSR count). The molecule has 0 unspecified atom stereocenters. The molecule has 0 fully saturated rings. The number of nitrogens with zero attached hydrogens (tertiary/aromatic N) is 3. The Bertz CT molecular complexity index is 682. The number of H-pyrrole nitrogens is 1. The van der Waals surface area contributed by atoms with Crippen molar-refractivity contribution in [2.45, 2.75) is 4.90 Å². The third kappa shape index (κ3) is 2.92. The number of benzene rings is 1. The standard InChI is InChI=1S/C9H7ClN4O3S/c10-7-2-1-6(5-8(7)18(15,16)17)13-14-9-11-3-4-12-9/h1-5H,(H,11,12)(H,15,16,17)/b14-13+. The van der Waals surface area contributed by atoms with Crippen molar-refractivity contribution in [2.75, 3.05) is 0 Å². The van der Waals surface area contributed by atoms with E-state index in [2.05, 4.69) is 20.2 Å². The maximum Gasteiger partial charge on any atom is 0.296 e. The number of nitrogens with one attached hydrogen (secondary N) is 1. The van der Waals surface area contributed by atoms with Gasteiger partial charge in [-0.05, 0) is 18.2 Å². The Hall–Kier alpha value is -1.77. The van der Waals surface area contributed by atoms with Gasteiger partial charge in [0.05, 0.1) is 10.7 Å². The van der Waals surface area contributed by atoms with Crippen LogP contribution in [0.1, 0.15) is 0 Å². The summed E-state index contributed by atoms with van der Waals surface area (Å²) in [7, 11) is -4.39. The van der Waals surface area contributed by atoms with Gasteiger partial charge < -0.3 is 4.98 Å². The molecule has 0 aliphatic heterocycles. The first-order chi connectivity index (χ1) is 8.47. The second-order valence-corrected chi connectivity index (χ2v) is 5.00. The zero-order valence-corrected chi connectivity index (χ0v) is 10.4. The van der Waals surface area contributed by atoms with Crippen molar-refractivity contribution in [3.8, 4) is 0 Å². The lowest BCUT2D eigenvalue weighted by molar-refractivity contribution is 0.483. The molecule has 94 valence electrons. The van der Waals surface area contributed by atoms with Crippen LogP contribution >= 0.6 is 11.6 Å². The van der Waals surface area contributed by atoms with Crippen LogP contribution in [0.4, 0.5) is 11.6 Å². The maximum atomic E-state index is 11.0. The van der Waals surface area contributed by atoms with Gasteiger partial charge in [0.2, 0.25) is 5.95 Å². The molecule has 2 aromatic rings. The van der Waals surface area contributed by atoms with Gasteiger partial charge in [0.1, 0.15) is 4.90 Å². The quantitative estimate of drug-likeness (QED) is 0.668. The van der Waals surface area contributed by atoms with Crippen molar-refractivity contribution in [1.29, 1.82) is 0 Å². The van der Waals surface area contributed by atoms with E-state index in [9.17, 15) is 8.42 Å². The highest BCUT2D eigenvalue weighted by Crippen LogP contribution is 2.26. The van der Waals surface area contributed by atoms with Gasteiger partial charge in [-0.2, -0.15) is 8.42 Å². The fourth-order valence-electron chi connectivity index (χ4n) is 1.17. The molecule has 0 atom stereocenters. The van der Waals surface area contributed by atoms with Gasteiger partial charge >= 0.3 is 0 Å². The molecule has 0 amide bonds. The Labute approximate surface area is 107 Å². The molecule has 0 radical (unpaired) electrons. The monoisotopic (exact) mass is 286 g/mol. The average molecular weight is 287 g/mol. The lowest BCUT2D eigenvalue weighted by Crippen LogP contribution is -1.98. The first kappa shape index (κ1) is 12.7. The minimum Gasteiger partial charge on any atom is -0.328 e. The Morgan fingerprint density at radius 2 is 2.11 bits per heavy atom. The number of rotatable bonds is 3. The van der Waals surface area contributed by atoms with Gasteiger partial charge in [0.25, 0.3) is 10.1 Å². The molecule has 0 bridgehead atoms.